The number of nitrogens with one attached hydrogen (secondary N) is 1. The van der Waals surface area contributed by atoms with Gasteiger partial charge < -0.3 is 41.7 Å². The Labute approximate surface area is 123 Å². The Bertz CT molecular complexity index is 491. The Kier molecular flexibility index (Phi) is 4.35. The van der Waals surface area contributed by atoms with E-state index in [0.29, 0.717) is 0 Å². The van der Waals surface area contributed by atoms with Crippen LogP contribution in [0.25, 0.3) is 0 Å². The van der Waals surface area contributed by atoms with E-state index in [1.807, 2.05) is 5.32 Å². The number of amides is 1. The molecule has 126 valence electrons. The third kappa shape index (κ3) is 2.24. The van der Waals surface area contributed by atoms with Gasteiger partial charge in [-0.05, 0) is 0 Å². The van der Waals surface area contributed by atoms with Crippen LogP contribution < -0.4 is 11.1 Å². The Morgan fingerprint density at radius 2 is 2.00 bits per heavy atom. The van der Waals surface area contributed by atoms with Crippen LogP contribution in [-0.2, 0) is 4.79 Å². The van der Waals surface area contributed by atoms with Crippen LogP contribution in [0.4, 0.5) is 0 Å². The molecule has 13 heteroatoms. The molecule has 1 saturated heterocycles. The maximum absolute atomic E-state index is 11.9. The normalized spacial score (nSPS) is 39.7. The summed E-state index contributed by atoms with van der Waals surface area (Å²) >= 11 is 0. The first kappa shape index (κ1) is 16.9. The molecule has 2 rings (SSSR count). The van der Waals surface area contributed by atoms with Gasteiger partial charge in [-0.2, -0.15) is 0 Å². The second-order valence-corrected chi connectivity index (χ2v) is 4.94. The van der Waals surface area contributed by atoms with Crippen LogP contribution in [0, 0.1) is 0 Å². The number of hydrogen-bond donors (Lipinski definition) is 9. The minimum atomic E-state index is -3.10. The number of hydroxylamine groups is 4. The van der Waals surface area contributed by atoms with Gasteiger partial charge in [0.1, 0.15) is 12.2 Å². The van der Waals surface area contributed by atoms with Crippen molar-refractivity contribution in [3.05, 3.63) is 0 Å². The van der Waals surface area contributed by atoms with Gasteiger partial charge in [-0.1, -0.05) is 0 Å². The highest BCUT2D eigenvalue weighted by atomic mass is 16.6. The van der Waals surface area contributed by atoms with Gasteiger partial charge in [-0.15, -0.1) is 10.1 Å². The highest BCUT2D eigenvalue weighted by Gasteiger charge is 2.63. The van der Waals surface area contributed by atoms with Gasteiger partial charge in [0.2, 0.25) is 11.6 Å². The van der Waals surface area contributed by atoms with E-state index in [0.717, 1.165) is 0 Å². The molecule has 2 aliphatic heterocycles. The molecule has 10 N–H and O–H groups in total. The zero-order valence-electron chi connectivity index (χ0n) is 11.1. The number of guanidine groups is 1. The number of aliphatic hydroxyl groups excluding tert-OH is 4. The van der Waals surface area contributed by atoms with E-state index in [4.69, 9.17) is 10.8 Å². The summed E-state index contributed by atoms with van der Waals surface area (Å²) in [5.41, 5.74) is 2.20. The highest BCUT2D eigenvalue weighted by molar-refractivity contribution is 6.01. The topological polar surface area (TPSA) is 216 Å². The van der Waals surface area contributed by atoms with E-state index in [-0.39, 0.29) is 10.1 Å². The van der Waals surface area contributed by atoms with E-state index in [2.05, 4.69) is 4.99 Å². The Balaban J connectivity index is 2.45. The van der Waals surface area contributed by atoms with Crippen LogP contribution in [-0.4, -0.2) is 101 Å². The van der Waals surface area contributed by atoms with E-state index < -0.39 is 54.8 Å². The number of carbonyl (C=O) groups excluding carboxylic acids is 1. The third-order valence-electron chi connectivity index (χ3n) is 3.59. The molecule has 13 nitrogen and oxygen atoms in total. The molecule has 0 saturated carbocycles. The van der Waals surface area contributed by atoms with Crippen molar-refractivity contribution in [1.29, 1.82) is 0 Å². The standard InChI is InChI=1S/C9H17N5O8/c10-8-11-5-3(6(18)12-8)14(22)9(20,7(19)13(5)21)4(17)2(16)1-15/h2-5,7,15-17,19-22H,1H2,(H3,10,11,12,18). The summed E-state index contributed by atoms with van der Waals surface area (Å²) in [6.45, 7) is -1.03. The van der Waals surface area contributed by atoms with E-state index in [1.165, 1.54) is 0 Å². The van der Waals surface area contributed by atoms with Crippen molar-refractivity contribution in [3.63, 3.8) is 0 Å². The fraction of sp³-hybridized carbons (Fsp3) is 0.778. The lowest BCUT2D eigenvalue weighted by Gasteiger charge is -2.53. The van der Waals surface area contributed by atoms with Gasteiger partial charge >= 0.3 is 0 Å². The van der Waals surface area contributed by atoms with Crippen LogP contribution >= 0.6 is 0 Å². The molecule has 6 unspecified atom stereocenters. The van der Waals surface area contributed by atoms with Crippen molar-refractivity contribution in [2.45, 2.75) is 36.4 Å². The minimum absolute atomic E-state index is 0.00367. The fourth-order valence-electron chi connectivity index (χ4n) is 2.37. The number of hydrogen-bond acceptors (Lipinski definition) is 12. The second-order valence-electron chi connectivity index (χ2n) is 4.94. The van der Waals surface area contributed by atoms with Gasteiger partial charge in [0.25, 0.3) is 0 Å². The number of nitrogens with zero attached hydrogens (tertiary/aromatic N) is 3. The molecule has 1 amide bonds. The number of nitrogens with two attached hydrogens (primary N) is 1. The maximum Gasteiger partial charge on any atom is 0.250 e. The molecule has 0 aromatic carbocycles. The first-order valence-electron chi connectivity index (χ1n) is 6.13. The Morgan fingerprint density at radius 1 is 1.41 bits per heavy atom. The lowest BCUT2D eigenvalue weighted by atomic mass is 9.93. The van der Waals surface area contributed by atoms with Crippen molar-refractivity contribution in [1.82, 2.24) is 15.4 Å². The lowest BCUT2D eigenvalue weighted by molar-refractivity contribution is -0.432. The van der Waals surface area contributed by atoms with Crippen molar-refractivity contribution < 1.29 is 40.7 Å². The number of carbonyl (C=O) groups is 1. The molecule has 22 heavy (non-hydrogen) atoms. The highest BCUT2D eigenvalue weighted by Crippen LogP contribution is 2.34. The van der Waals surface area contributed by atoms with Gasteiger partial charge in [0.15, 0.2) is 24.4 Å². The quantitative estimate of drug-likeness (QED) is 0.238. The molecular weight excluding hydrogens is 306 g/mol. The Hall–Kier alpha value is -1.42. The monoisotopic (exact) mass is 323 g/mol. The predicted octanol–water partition coefficient (Wildman–Crippen LogP) is -5.76. The molecule has 0 radical (unpaired) electrons. The zero-order valence-corrected chi connectivity index (χ0v) is 11.1. The largest absolute Gasteiger partial charge is 0.394 e. The smallest absolute Gasteiger partial charge is 0.250 e. The van der Waals surface area contributed by atoms with Crippen molar-refractivity contribution in [2.75, 3.05) is 6.61 Å². The average molecular weight is 323 g/mol. The second kappa shape index (κ2) is 5.65. The zero-order chi connectivity index (χ0) is 16.8. The molecule has 0 spiro atoms. The Morgan fingerprint density at radius 3 is 2.55 bits per heavy atom. The fourth-order valence-corrected chi connectivity index (χ4v) is 2.37. The summed E-state index contributed by atoms with van der Waals surface area (Å²) < 4.78 is 0. The number of piperazine rings is 1. The van der Waals surface area contributed by atoms with Crippen LogP contribution in [0.2, 0.25) is 0 Å². The SMILES string of the molecule is NC1=NC2C(C(=O)N1)N(O)C(O)(C(O)C(O)CO)C(O)N2O. The van der Waals surface area contributed by atoms with Gasteiger partial charge in [0.05, 0.1) is 6.61 Å². The number of rotatable bonds is 3. The van der Waals surface area contributed by atoms with Gasteiger partial charge in [0, 0.05) is 0 Å². The summed E-state index contributed by atoms with van der Waals surface area (Å²) in [6, 6.07) is -1.76. The van der Waals surface area contributed by atoms with E-state index in [1.54, 1.807) is 0 Å². The molecule has 0 aromatic heterocycles. The number of fused-ring (bicyclic) bond motifs is 1. The van der Waals surface area contributed by atoms with Crippen LogP contribution in [0.3, 0.4) is 0 Å². The van der Waals surface area contributed by atoms with Crippen LogP contribution in [0.15, 0.2) is 4.99 Å². The molecular formula is C9H17N5O8. The average Bonchev–Trinajstić information content (AvgIpc) is 2.48. The first-order valence-corrected chi connectivity index (χ1v) is 6.13. The van der Waals surface area contributed by atoms with Crippen molar-refractivity contribution in [2.24, 2.45) is 10.7 Å². The third-order valence-corrected chi connectivity index (χ3v) is 3.59. The molecule has 0 aliphatic carbocycles. The molecule has 0 aromatic rings. The first-order chi connectivity index (χ1) is 10.2. The molecule has 1 fully saturated rings. The van der Waals surface area contributed by atoms with Crippen molar-refractivity contribution >= 4 is 11.9 Å². The molecule has 6 atom stereocenters. The van der Waals surface area contributed by atoms with Crippen LogP contribution in [0.1, 0.15) is 0 Å². The molecule has 2 heterocycles. The maximum atomic E-state index is 11.9. The van der Waals surface area contributed by atoms with Gasteiger partial charge in [-0.3, -0.25) is 10.1 Å². The summed E-state index contributed by atoms with van der Waals surface area (Å²) in [5.74, 6) is -1.39. The van der Waals surface area contributed by atoms with Crippen LogP contribution in [0.5, 0.6) is 0 Å². The number of aliphatic imine (C=N–C) groups is 1. The van der Waals surface area contributed by atoms with Crippen molar-refractivity contribution in [3.8, 4) is 0 Å². The van der Waals surface area contributed by atoms with Gasteiger partial charge in [-0.25, -0.2) is 4.99 Å². The lowest BCUT2D eigenvalue weighted by Crippen LogP contribution is -2.81. The summed E-state index contributed by atoms with van der Waals surface area (Å²) in [5, 5.41) is 70.1. The summed E-state index contributed by atoms with van der Waals surface area (Å²) in [6.07, 6.45) is -8.30. The molecule has 0 bridgehead atoms. The predicted molar refractivity (Wildman–Crippen MR) is 64.6 cm³/mol. The van der Waals surface area contributed by atoms with E-state index in [9.17, 15) is 35.6 Å². The summed E-state index contributed by atoms with van der Waals surface area (Å²) in [4.78, 5) is 15.5. The summed E-state index contributed by atoms with van der Waals surface area (Å²) in [7, 11) is 0. The van der Waals surface area contributed by atoms with E-state index >= 15 is 0 Å². The molecule has 2 aliphatic rings. The minimum Gasteiger partial charge on any atom is -0.394 e. The number of aliphatic hydroxyl groups is 5.